The summed E-state index contributed by atoms with van der Waals surface area (Å²) in [5.41, 5.74) is 0.907. The minimum Gasteiger partial charge on any atom is -0.296 e. The van der Waals surface area contributed by atoms with Crippen LogP contribution in [0.5, 0.6) is 0 Å². The lowest BCUT2D eigenvalue weighted by Crippen LogP contribution is -2.11. The van der Waals surface area contributed by atoms with Crippen molar-refractivity contribution in [2.24, 2.45) is 0 Å². The third-order valence-corrected chi connectivity index (χ3v) is 3.64. The number of anilines is 1. The Kier molecular flexibility index (Phi) is 2.79. The number of nitrogens with zero attached hydrogens (tertiary/aromatic N) is 2. The quantitative estimate of drug-likeness (QED) is 0.875. The molecule has 0 spiro atoms. The van der Waals surface area contributed by atoms with Gasteiger partial charge in [0.15, 0.2) is 10.1 Å². The summed E-state index contributed by atoms with van der Waals surface area (Å²) in [6, 6.07) is 0. The van der Waals surface area contributed by atoms with E-state index < -0.39 is 0 Å². The van der Waals surface area contributed by atoms with Crippen LogP contribution in [-0.4, -0.2) is 15.9 Å². The van der Waals surface area contributed by atoms with Crippen LogP contribution < -0.4 is 5.32 Å². The van der Waals surface area contributed by atoms with Gasteiger partial charge in [-0.05, 0) is 13.8 Å². The molecule has 0 atom stereocenters. The molecule has 1 N–H and O–H groups in total. The number of aryl methyl sites for hydroxylation is 2. The molecule has 2 rings (SSSR count). The Morgan fingerprint density at radius 1 is 1.47 bits per heavy atom. The molecule has 2 aromatic heterocycles. The molecule has 0 saturated carbocycles. The number of hydrogen-bond acceptors (Lipinski definition) is 5. The Morgan fingerprint density at radius 3 is 2.80 bits per heavy atom. The number of aromatic nitrogens is 2. The Labute approximate surface area is 95.0 Å². The molecular weight excluding hydrogens is 230 g/mol. The van der Waals surface area contributed by atoms with Gasteiger partial charge < -0.3 is 0 Å². The summed E-state index contributed by atoms with van der Waals surface area (Å²) in [4.78, 5) is 20.9. The van der Waals surface area contributed by atoms with Crippen molar-refractivity contribution in [2.45, 2.75) is 13.8 Å². The first-order valence-corrected chi connectivity index (χ1v) is 6.01. The van der Waals surface area contributed by atoms with Gasteiger partial charge >= 0.3 is 0 Å². The number of carbonyl (C=O) groups is 1. The molecule has 0 aromatic carbocycles. The van der Waals surface area contributed by atoms with E-state index >= 15 is 0 Å². The fraction of sp³-hybridized carbons (Fsp3) is 0.222. The molecule has 0 aliphatic rings. The first-order valence-electron chi connectivity index (χ1n) is 4.31. The van der Waals surface area contributed by atoms with E-state index in [-0.39, 0.29) is 5.91 Å². The summed E-state index contributed by atoms with van der Waals surface area (Å²) in [5, 5.41) is 5.60. The van der Waals surface area contributed by atoms with Gasteiger partial charge in [-0.3, -0.25) is 10.1 Å². The summed E-state index contributed by atoms with van der Waals surface area (Å²) in [5.74, 6) is -0.189. The van der Waals surface area contributed by atoms with Crippen molar-refractivity contribution in [3.8, 4) is 0 Å². The second-order valence-corrected chi connectivity index (χ2v) is 5.05. The van der Waals surface area contributed by atoms with Crippen molar-refractivity contribution in [1.82, 2.24) is 9.97 Å². The van der Waals surface area contributed by atoms with Crippen LogP contribution in [0, 0.1) is 13.8 Å². The number of thiazole rings is 2. The zero-order valence-electron chi connectivity index (χ0n) is 8.27. The lowest BCUT2D eigenvalue weighted by molar-refractivity contribution is 0.102. The third-order valence-electron chi connectivity index (χ3n) is 1.88. The summed E-state index contributed by atoms with van der Waals surface area (Å²) >= 11 is 2.79. The molecule has 1 amide bonds. The topological polar surface area (TPSA) is 54.9 Å². The molecule has 78 valence electrons. The standard InChI is InChI=1S/C9H9N3OS2/c1-5-6(2)15-8(11-5)7(13)12-9-10-3-4-14-9/h3-4H,1-2H3,(H,10,12,13). The van der Waals surface area contributed by atoms with E-state index in [0.29, 0.717) is 10.1 Å². The largest absolute Gasteiger partial charge is 0.296 e. The fourth-order valence-corrected chi connectivity index (χ4v) is 2.34. The molecule has 4 nitrogen and oxygen atoms in total. The second-order valence-electron chi connectivity index (χ2n) is 2.95. The van der Waals surface area contributed by atoms with Gasteiger partial charge in [0.05, 0.1) is 5.69 Å². The van der Waals surface area contributed by atoms with Crippen molar-refractivity contribution in [3.63, 3.8) is 0 Å². The highest BCUT2D eigenvalue weighted by Gasteiger charge is 2.13. The van der Waals surface area contributed by atoms with E-state index in [4.69, 9.17) is 0 Å². The van der Waals surface area contributed by atoms with Crippen molar-refractivity contribution >= 4 is 33.7 Å². The Morgan fingerprint density at radius 2 is 2.27 bits per heavy atom. The van der Waals surface area contributed by atoms with Crippen LogP contribution in [0.3, 0.4) is 0 Å². The van der Waals surface area contributed by atoms with E-state index in [1.165, 1.54) is 22.7 Å². The summed E-state index contributed by atoms with van der Waals surface area (Å²) in [7, 11) is 0. The fourth-order valence-electron chi connectivity index (χ4n) is 1.01. The molecular formula is C9H9N3OS2. The molecule has 0 aliphatic heterocycles. The highest BCUT2D eigenvalue weighted by atomic mass is 32.1. The van der Waals surface area contributed by atoms with Crippen LogP contribution in [0.1, 0.15) is 20.4 Å². The number of rotatable bonds is 2. The van der Waals surface area contributed by atoms with Crippen LogP contribution >= 0.6 is 22.7 Å². The van der Waals surface area contributed by atoms with Gasteiger partial charge in [0, 0.05) is 16.5 Å². The van der Waals surface area contributed by atoms with Crippen LogP contribution in [0.2, 0.25) is 0 Å². The van der Waals surface area contributed by atoms with Crippen molar-refractivity contribution in [1.29, 1.82) is 0 Å². The van der Waals surface area contributed by atoms with E-state index in [1.807, 2.05) is 19.2 Å². The minimum atomic E-state index is -0.189. The molecule has 15 heavy (non-hydrogen) atoms. The van der Waals surface area contributed by atoms with Crippen molar-refractivity contribution < 1.29 is 4.79 Å². The van der Waals surface area contributed by atoms with Gasteiger partial charge in [0.2, 0.25) is 0 Å². The monoisotopic (exact) mass is 239 g/mol. The molecule has 2 aromatic rings. The average Bonchev–Trinajstić information content (AvgIpc) is 2.78. The van der Waals surface area contributed by atoms with Gasteiger partial charge in [-0.1, -0.05) is 0 Å². The predicted molar refractivity (Wildman–Crippen MR) is 61.7 cm³/mol. The van der Waals surface area contributed by atoms with Crippen LogP contribution in [0.15, 0.2) is 11.6 Å². The van der Waals surface area contributed by atoms with Crippen LogP contribution in [-0.2, 0) is 0 Å². The Bertz CT molecular complexity index is 456. The molecule has 6 heteroatoms. The highest BCUT2D eigenvalue weighted by Crippen LogP contribution is 2.18. The number of carbonyl (C=O) groups excluding carboxylic acids is 1. The molecule has 0 aliphatic carbocycles. The van der Waals surface area contributed by atoms with E-state index in [0.717, 1.165) is 10.6 Å². The van der Waals surface area contributed by atoms with Crippen molar-refractivity contribution in [3.05, 3.63) is 27.2 Å². The zero-order chi connectivity index (χ0) is 10.8. The lowest BCUT2D eigenvalue weighted by Gasteiger charge is -1.95. The zero-order valence-corrected chi connectivity index (χ0v) is 9.91. The smallest absolute Gasteiger partial charge is 0.286 e. The summed E-state index contributed by atoms with van der Waals surface area (Å²) in [6.07, 6.45) is 1.65. The first-order chi connectivity index (χ1) is 7.16. The van der Waals surface area contributed by atoms with Crippen molar-refractivity contribution in [2.75, 3.05) is 5.32 Å². The van der Waals surface area contributed by atoms with E-state index in [9.17, 15) is 4.79 Å². The maximum absolute atomic E-state index is 11.7. The van der Waals surface area contributed by atoms with Gasteiger partial charge in [0.25, 0.3) is 5.91 Å². The predicted octanol–water partition coefficient (Wildman–Crippen LogP) is 2.47. The van der Waals surface area contributed by atoms with Gasteiger partial charge in [0.1, 0.15) is 0 Å². The van der Waals surface area contributed by atoms with Gasteiger partial charge in [-0.25, -0.2) is 9.97 Å². The van der Waals surface area contributed by atoms with Crippen LogP contribution in [0.4, 0.5) is 5.13 Å². The summed E-state index contributed by atoms with van der Waals surface area (Å²) in [6.45, 7) is 3.85. The SMILES string of the molecule is Cc1nc(C(=O)Nc2nccs2)sc1C. The van der Waals surface area contributed by atoms with Gasteiger partial charge in [-0.2, -0.15) is 0 Å². The average molecular weight is 239 g/mol. The maximum Gasteiger partial charge on any atom is 0.286 e. The maximum atomic E-state index is 11.7. The Hall–Kier alpha value is -1.27. The molecule has 0 saturated heterocycles. The molecule has 0 fully saturated rings. The Balaban J connectivity index is 2.15. The minimum absolute atomic E-state index is 0.189. The number of amides is 1. The molecule has 2 heterocycles. The van der Waals surface area contributed by atoms with E-state index in [2.05, 4.69) is 15.3 Å². The number of nitrogens with one attached hydrogen (secondary N) is 1. The third kappa shape index (κ3) is 2.21. The van der Waals surface area contributed by atoms with Gasteiger partial charge in [-0.15, -0.1) is 22.7 Å². The summed E-state index contributed by atoms with van der Waals surface area (Å²) < 4.78 is 0. The van der Waals surface area contributed by atoms with Crippen LogP contribution in [0.25, 0.3) is 0 Å². The molecule has 0 radical (unpaired) electrons. The lowest BCUT2D eigenvalue weighted by atomic mass is 10.4. The molecule has 0 unspecified atom stereocenters. The first kappa shape index (κ1) is 10.3. The second kappa shape index (κ2) is 4.08. The number of hydrogen-bond donors (Lipinski definition) is 1. The highest BCUT2D eigenvalue weighted by molar-refractivity contribution is 7.15. The van der Waals surface area contributed by atoms with E-state index in [1.54, 1.807) is 6.20 Å². The molecule has 0 bridgehead atoms. The normalized spacial score (nSPS) is 10.3.